The highest BCUT2D eigenvalue weighted by Crippen LogP contribution is 2.25. The van der Waals surface area contributed by atoms with E-state index in [0.717, 1.165) is 6.07 Å². The number of nitrogens with two attached hydrogens (primary N) is 1. The Morgan fingerprint density at radius 3 is 2.65 bits per heavy atom. The average molecular weight is 513 g/mol. The summed E-state index contributed by atoms with van der Waals surface area (Å²) in [7, 11) is 3.27. The Labute approximate surface area is 210 Å². The summed E-state index contributed by atoms with van der Waals surface area (Å²) in [4.78, 5) is 31.0. The second-order valence-electron chi connectivity index (χ2n) is 8.62. The molecular formula is C23H26F2N10O2. The predicted molar refractivity (Wildman–Crippen MR) is 132 cm³/mol. The number of nitrogen functional groups attached to an aromatic ring is 1. The molecule has 194 valence electrons. The lowest BCUT2D eigenvalue weighted by Gasteiger charge is -2.37. The van der Waals surface area contributed by atoms with Crippen molar-refractivity contribution in [1.29, 1.82) is 0 Å². The molecule has 0 spiro atoms. The maximum Gasteiger partial charge on any atom is 0.259 e. The highest BCUT2D eigenvalue weighted by atomic mass is 19.1. The summed E-state index contributed by atoms with van der Waals surface area (Å²) in [6, 6.07) is 5.52. The van der Waals surface area contributed by atoms with E-state index < -0.39 is 17.5 Å². The van der Waals surface area contributed by atoms with Crippen LogP contribution in [0.5, 0.6) is 0 Å². The Bertz CT molecular complexity index is 1420. The first kappa shape index (κ1) is 24.4. The molecule has 0 bridgehead atoms. The smallest absolute Gasteiger partial charge is 0.259 e. The van der Waals surface area contributed by atoms with Gasteiger partial charge in [0.05, 0.1) is 17.5 Å². The van der Waals surface area contributed by atoms with Crippen LogP contribution in [0.25, 0.3) is 17.4 Å². The van der Waals surface area contributed by atoms with E-state index >= 15 is 0 Å². The number of nitrogens with one attached hydrogen (secondary N) is 1. The van der Waals surface area contributed by atoms with Crippen LogP contribution in [-0.4, -0.2) is 88.7 Å². The van der Waals surface area contributed by atoms with Crippen molar-refractivity contribution >= 4 is 29.3 Å². The minimum Gasteiger partial charge on any atom is -0.461 e. The Hall–Kier alpha value is -4.33. The maximum atomic E-state index is 14.5. The molecule has 1 aliphatic rings. The van der Waals surface area contributed by atoms with E-state index in [9.17, 15) is 13.6 Å². The van der Waals surface area contributed by atoms with E-state index in [0.29, 0.717) is 62.6 Å². The summed E-state index contributed by atoms with van der Waals surface area (Å²) in [5.74, 6) is -0.413. The number of fused-ring (bicyclic) bond motifs is 1. The van der Waals surface area contributed by atoms with Gasteiger partial charge in [-0.25, -0.2) is 8.78 Å². The molecule has 1 fully saturated rings. The second-order valence-corrected chi connectivity index (χ2v) is 8.62. The molecule has 0 atom stereocenters. The number of hydrogen-bond donors (Lipinski definition) is 2. The maximum absolute atomic E-state index is 14.5. The van der Waals surface area contributed by atoms with E-state index in [1.165, 1.54) is 23.9 Å². The molecule has 1 saturated heterocycles. The summed E-state index contributed by atoms with van der Waals surface area (Å²) in [5, 5.41) is 6.67. The van der Waals surface area contributed by atoms with Gasteiger partial charge in [0, 0.05) is 59.4 Å². The van der Waals surface area contributed by atoms with E-state index in [2.05, 4.69) is 30.3 Å². The lowest BCUT2D eigenvalue weighted by atomic mass is 10.1. The molecule has 1 aromatic carbocycles. The van der Waals surface area contributed by atoms with Gasteiger partial charge in [-0.3, -0.25) is 9.69 Å². The first-order valence-electron chi connectivity index (χ1n) is 11.7. The molecule has 3 N–H and O–H groups in total. The van der Waals surface area contributed by atoms with Crippen molar-refractivity contribution in [2.45, 2.75) is 0 Å². The van der Waals surface area contributed by atoms with Gasteiger partial charge in [-0.2, -0.15) is 19.5 Å². The van der Waals surface area contributed by atoms with Gasteiger partial charge in [0.2, 0.25) is 17.7 Å². The lowest BCUT2D eigenvalue weighted by Crippen LogP contribution is -2.48. The molecule has 12 nitrogen and oxygen atoms in total. The number of amides is 1. The molecule has 1 aliphatic heterocycles. The molecule has 0 saturated carbocycles. The molecule has 0 aliphatic carbocycles. The van der Waals surface area contributed by atoms with Gasteiger partial charge in [-0.1, -0.05) is 0 Å². The van der Waals surface area contributed by atoms with Crippen LogP contribution < -0.4 is 20.9 Å². The number of hydrogen-bond acceptors (Lipinski definition) is 10. The normalized spacial score (nSPS) is 14.3. The Morgan fingerprint density at radius 1 is 1.16 bits per heavy atom. The number of piperazine rings is 1. The molecule has 0 radical (unpaired) electrons. The minimum atomic E-state index is -0.883. The van der Waals surface area contributed by atoms with Crippen molar-refractivity contribution < 1.29 is 18.0 Å². The number of benzene rings is 1. The van der Waals surface area contributed by atoms with Gasteiger partial charge in [-0.05, 0) is 18.2 Å². The Kier molecular flexibility index (Phi) is 6.56. The summed E-state index contributed by atoms with van der Waals surface area (Å²) in [5.41, 5.74) is 6.13. The molecular weight excluding hydrogens is 486 g/mol. The standard InChI is InChI=1S/C23H26F2N10O2/c1-27-20(36)14-12-17(16(25)13-15(14)24)34-9-7-33(8-10-34)6-5-32(2)22-29-21(26)35-23(30-22)28-19(31-35)18-4-3-11-37-18/h3-4,11-13H,5-10H2,1-2H3,(H,27,36)(H2,26,28,29,30,31). The summed E-state index contributed by atoms with van der Waals surface area (Å²) in [6.45, 7) is 3.71. The number of anilines is 3. The van der Waals surface area contributed by atoms with Crippen LogP contribution in [0, 0.1) is 11.6 Å². The SMILES string of the molecule is CNC(=O)c1cc(N2CCN(CCN(C)c3nc(N)n4nc(-c5ccco5)nc4n3)CC2)c(F)cc1F. The van der Waals surface area contributed by atoms with Crippen molar-refractivity contribution in [3.8, 4) is 11.6 Å². The zero-order valence-electron chi connectivity index (χ0n) is 20.4. The van der Waals surface area contributed by atoms with Gasteiger partial charge in [0.1, 0.15) is 11.6 Å². The van der Waals surface area contributed by atoms with E-state index in [4.69, 9.17) is 10.2 Å². The van der Waals surface area contributed by atoms with Crippen LogP contribution in [-0.2, 0) is 0 Å². The fourth-order valence-corrected chi connectivity index (χ4v) is 4.17. The third-order valence-electron chi connectivity index (χ3n) is 6.28. The highest BCUT2D eigenvalue weighted by Gasteiger charge is 2.23. The lowest BCUT2D eigenvalue weighted by molar-refractivity contribution is 0.0959. The zero-order chi connectivity index (χ0) is 26.1. The molecule has 3 aromatic heterocycles. The van der Waals surface area contributed by atoms with E-state index in [1.807, 2.05) is 16.8 Å². The Morgan fingerprint density at radius 2 is 1.95 bits per heavy atom. The largest absolute Gasteiger partial charge is 0.461 e. The molecule has 14 heteroatoms. The van der Waals surface area contributed by atoms with Crippen LogP contribution >= 0.6 is 0 Å². The third kappa shape index (κ3) is 4.87. The first-order valence-corrected chi connectivity index (χ1v) is 11.7. The van der Waals surface area contributed by atoms with Crippen molar-refractivity contribution in [3.05, 3.63) is 47.7 Å². The number of aromatic nitrogens is 5. The number of furan rings is 1. The van der Waals surface area contributed by atoms with Crippen molar-refractivity contribution in [1.82, 2.24) is 34.8 Å². The van der Waals surface area contributed by atoms with E-state index in [-0.39, 0.29) is 17.2 Å². The minimum absolute atomic E-state index is 0.156. The number of likely N-dealkylation sites (N-methyl/N-ethyl adjacent to an activating group) is 1. The predicted octanol–water partition coefficient (Wildman–Crippen LogP) is 1.26. The average Bonchev–Trinajstić information content (AvgIpc) is 3.58. The summed E-state index contributed by atoms with van der Waals surface area (Å²) < 4.78 is 35.2. The van der Waals surface area contributed by atoms with E-state index in [1.54, 1.807) is 12.1 Å². The second kappa shape index (κ2) is 9.97. The summed E-state index contributed by atoms with van der Waals surface area (Å²) in [6.07, 6.45) is 1.54. The quantitative estimate of drug-likeness (QED) is 0.373. The number of carbonyl (C=O) groups excluding carboxylic acids is 1. The molecule has 4 aromatic rings. The van der Waals surface area contributed by atoms with Crippen molar-refractivity contribution in [2.24, 2.45) is 0 Å². The fourth-order valence-electron chi connectivity index (χ4n) is 4.17. The third-order valence-corrected chi connectivity index (χ3v) is 6.28. The number of rotatable bonds is 7. The summed E-state index contributed by atoms with van der Waals surface area (Å²) >= 11 is 0. The van der Waals surface area contributed by atoms with Crippen LogP contribution in [0.15, 0.2) is 34.9 Å². The van der Waals surface area contributed by atoms with Gasteiger partial charge in [0.25, 0.3) is 11.7 Å². The van der Waals surface area contributed by atoms with Gasteiger partial charge < -0.3 is 25.3 Å². The number of nitrogens with zero attached hydrogens (tertiary/aromatic N) is 8. The monoisotopic (exact) mass is 512 g/mol. The molecule has 37 heavy (non-hydrogen) atoms. The van der Waals surface area contributed by atoms with Crippen molar-refractivity contribution in [3.63, 3.8) is 0 Å². The van der Waals surface area contributed by atoms with Gasteiger partial charge in [-0.15, -0.1) is 5.10 Å². The number of carbonyl (C=O) groups is 1. The molecule has 4 heterocycles. The van der Waals surface area contributed by atoms with Crippen LogP contribution in [0.1, 0.15) is 10.4 Å². The molecule has 0 unspecified atom stereocenters. The Balaban J connectivity index is 1.20. The van der Waals surface area contributed by atoms with Gasteiger partial charge >= 0.3 is 0 Å². The fraction of sp³-hybridized carbons (Fsp3) is 0.348. The topological polar surface area (TPSA) is 134 Å². The van der Waals surface area contributed by atoms with Crippen LogP contribution in [0.2, 0.25) is 0 Å². The first-order chi connectivity index (χ1) is 17.8. The van der Waals surface area contributed by atoms with Gasteiger partial charge in [0.15, 0.2) is 5.76 Å². The van der Waals surface area contributed by atoms with Crippen LogP contribution in [0.4, 0.5) is 26.4 Å². The van der Waals surface area contributed by atoms with Crippen LogP contribution in [0.3, 0.4) is 0 Å². The van der Waals surface area contributed by atoms with Crippen molar-refractivity contribution in [2.75, 3.05) is 68.9 Å². The zero-order valence-corrected chi connectivity index (χ0v) is 20.4. The highest BCUT2D eigenvalue weighted by molar-refractivity contribution is 5.95. The number of halogens is 2. The molecule has 5 rings (SSSR count). The molecule has 1 amide bonds.